The molecule has 2 heterocycles. The van der Waals surface area contributed by atoms with Crippen LogP contribution >= 0.6 is 0 Å². The van der Waals surface area contributed by atoms with E-state index in [4.69, 9.17) is 14.5 Å². The van der Waals surface area contributed by atoms with E-state index in [1.807, 2.05) is 19.1 Å². The first-order valence-corrected chi connectivity index (χ1v) is 12.1. The minimum Gasteiger partial charge on any atom is -0.488 e. The molecule has 6 rings (SSSR count). The zero-order valence-corrected chi connectivity index (χ0v) is 19.6. The van der Waals surface area contributed by atoms with Crippen molar-refractivity contribution in [1.29, 1.82) is 0 Å². The molecule has 2 aromatic rings. The summed E-state index contributed by atoms with van der Waals surface area (Å²) in [5.41, 5.74) is 2.58. The summed E-state index contributed by atoms with van der Waals surface area (Å²) in [6, 6.07) is 3.68. The lowest BCUT2D eigenvalue weighted by molar-refractivity contribution is -0.143. The van der Waals surface area contributed by atoms with Gasteiger partial charge in [0.05, 0.1) is 23.4 Å². The fourth-order valence-corrected chi connectivity index (χ4v) is 5.39. The van der Waals surface area contributed by atoms with Gasteiger partial charge in [0.15, 0.2) is 0 Å². The monoisotopic (exact) mass is 469 g/mol. The summed E-state index contributed by atoms with van der Waals surface area (Å²) in [7, 11) is 1.76. The number of pyridine rings is 1. The van der Waals surface area contributed by atoms with E-state index in [9.17, 15) is 14.7 Å². The van der Waals surface area contributed by atoms with Crippen molar-refractivity contribution >= 4 is 12.1 Å². The molecule has 10 heteroatoms. The van der Waals surface area contributed by atoms with E-state index in [-0.39, 0.29) is 24.2 Å². The number of ether oxygens (including phenoxy) is 2. The Morgan fingerprint density at radius 2 is 2.06 bits per heavy atom. The number of nitrogens with zero attached hydrogens (tertiary/aromatic N) is 4. The number of carbonyl (C=O) groups excluding carboxylic acids is 1. The maximum Gasteiger partial charge on any atom is 0.407 e. The molecule has 4 fully saturated rings. The van der Waals surface area contributed by atoms with Crippen LogP contribution in [0.15, 0.2) is 12.1 Å². The second-order valence-electron chi connectivity index (χ2n) is 9.90. The average molecular weight is 470 g/mol. The van der Waals surface area contributed by atoms with Gasteiger partial charge < -0.3 is 19.9 Å². The molecule has 4 saturated carbocycles. The Hall–Kier alpha value is -3.17. The van der Waals surface area contributed by atoms with Gasteiger partial charge in [0.1, 0.15) is 23.7 Å². The molecule has 0 radical (unpaired) electrons. The molecule has 2 aromatic heterocycles. The third-order valence-corrected chi connectivity index (χ3v) is 7.47. The first-order valence-electron chi connectivity index (χ1n) is 12.1. The van der Waals surface area contributed by atoms with Gasteiger partial charge in [-0.15, -0.1) is 5.10 Å². The number of aliphatic carboxylic acids is 1. The van der Waals surface area contributed by atoms with Crippen molar-refractivity contribution in [2.45, 2.75) is 76.5 Å². The van der Waals surface area contributed by atoms with Gasteiger partial charge in [-0.3, -0.25) is 4.79 Å². The van der Waals surface area contributed by atoms with Crippen LogP contribution in [0.4, 0.5) is 4.79 Å². The van der Waals surface area contributed by atoms with E-state index in [0.717, 1.165) is 43.7 Å². The van der Waals surface area contributed by atoms with Crippen LogP contribution in [0.3, 0.4) is 0 Å². The van der Waals surface area contributed by atoms with Crippen LogP contribution in [0, 0.1) is 11.8 Å². The van der Waals surface area contributed by atoms with Crippen molar-refractivity contribution in [3.05, 3.63) is 23.5 Å². The first-order chi connectivity index (χ1) is 16.4. The maximum atomic E-state index is 12.3. The summed E-state index contributed by atoms with van der Waals surface area (Å²) in [6.07, 6.45) is 6.15. The van der Waals surface area contributed by atoms with E-state index in [1.165, 1.54) is 0 Å². The Kier molecular flexibility index (Phi) is 5.91. The number of aromatic nitrogens is 4. The van der Waals surface area contributed by atoms with E-state index >= 15 is 0 Å². The summed E-state index contributed by atoms with van der Waals surface area (Å²) in [6.45, 7) is 2.04. The molecule has 4 aliphatic rings. The highest BCUT2D eigenvalue weighted by molar-refractivity contribution is 5.70. The largest absolute Gasteiger partial charge is 0.488 e. The van der Waals surface area contributed by atoms with Gasteiger partial charge in [0, 0.05) is 12.6 Å². The highest BCUT2D eigenvalue weighted by Crippen LogP contribution is 2.56. The van der Waals surface area contributed by atoms with Crippen molar-refractivity contribution in [2.24, 2.45) is 18.9 Å². The Morgan fingerprint density at radius 3 is 2.74 bits per heavy atom. The molecule has 2 atom stereocenters. The Labute approximate surface area is 198 Å². The van der Waals surface area contributed by atoms with Crippen LogP contribution in [-0.2, 0) is 29.6 Å². The van der Waals surface area contributed by atoms with E-state index in [2.05, 4.69) is 15.6 Å². The highest BCUT2D eigenvalue weighted by Gasteiger charge is 2.57. The van der Waals surface area contributed by atoms with Crippen LogP contribution in [0.1, 0.15) is 63.3 Å². The SMILES string of the molecule is CCc1nc(-c2nnn(C)c2COC(=O)NC23CC(C2)C3)ccc1O[C@H]1CCC[C@H](C(=O)O)C1. The maximum absolute atomic E-state index is 12.3. The van der Waals surface area contributed by atoms with Crippen LogP contribution in [0.5, 0.6) is 5.75 Å². The lowest BCUT2D eigenvalue weighted by Crippen LogP contribution is -2.68. The van der Waals surface area contributed by atoms with E-state index in [1.54, 1.807) is 11.7 Å². The summed E-state index contributed by atoms with van der Waals surface area (Å²) in [5.74, 6) is 0.329. The van der Waals surface area contributed by atoms with E-state index < -0.39 is 12.1 Å². The van der Waals surface area contributed by atoms with Gasteiger partial charge >= 0.3 is 12.1 Å². The van der Waals surface area contributed by atoms with Gasteiger partial charge in [0.2, 0.25) is 0 Å². The van der Waals surface area contributed by atoms with Crippen molar-refractivity contribution < 1.29 is 24.2 Å². The molecule has 0 saturated heterocycles. The minimum atomic E-state index is -0.757. The summed E-state index contributed by atoms with van der Waals surface area (Å²) >= 11 is 0. The quantitative estimate of drug-likeness (QED) is 0.603. The number of carboxylic acid groups (broad SMARTS) is 1. The Bertz CT molecular complexity index is 1080. The molecule has 10 nitrogen and oxygen atoms in total. The molecule has 0 spiro atoms. The van der Waals surface area contributed by atoms with Crippen molar-refractivity contribution in [1.82, 2.24) is 25.3 Å². The van der Waals surface area contributed by atoms with Gasteiger partial charge in [0.25, 0.3) is 0 Å². The van der Waals surface area contributed by atoms with Gasteiger partial charge in [-0.25, -0.2) is 14.5 Å². The van der Waals surface area contributed by atoms with Crippen molar-refractivity contribution in [3.8, 4) is 17.1 Å². The standard InChI is InChI=1S/C24H31N5O5/c1-3-17-20(34-16-6-4-5-15(9-16)22(30)31)8-7-18(25-17)21-19(29(2)28-27-21)13-33-23(32)26-24-10-14(11-24)12-24/h7-8,14-16H,3-6,9-13H2,1-2H3,(H,26,32)(H,30,31)/t14?,15-,16-,24?/m0/s1. The molecule has 1 amide bonds. The molecule has 0 unspecified atom stereocenters. The third kappa shape index (κ3) is 4.33. The molecule has 4 aliphatic carbocycles. The number of rotatable bonds is 8. The fourth-order valence-electron chi connectivity index (χ4n) is 5.39. The number of aryl methyl sites for hydroxylation is 2. The van der Waals surface area contributed by atoms with Crippen LogP contribution in [-0.4, -0.2) is 48.8 Å². The van der Waals surface area contributed by atoms with Crippen LogP contribution in [0.25, 0.3) is 11.4 Å². The zero-order valence-electron chi connectivity index (χ0n) is 19.6. The lowest BCUT2D eigenvalue weighted by atomic mass is 9.50. The molecule has 2 N–H and O–H groups in total. The average Bonchev–Trinajstić information content (AvgIpc) is 3.14. The molecular weight excluding hydrogens is 438 g/mol. The van der Waals surface area contributed by atoms with Crippen LogP contribution < -0.4 is 10.1 Å². The van der Waals surface area contributed by atoms with E-state index in [0.29, 0.717) is 42.1 Å². The van der Waals surface area contributed by atoms with Crippen molar-refractivity contribution in [2.75, 3.05) is 0 Å². The molecule has 182 valence electrons. The molecule has 0 aromatic carbocycles. The minimum absolute atomic E-state index is 0.0362. The number of carboxylic acids is 1. The summed E-state index contributed by atoms with van der Waals surface area (Å²) in [5, 5.41) is 20.7. The number of amides is 1. The second-order valence-corrected chi connectivity index (χ2v) is 9.90. The molecule has 2 bridgehead atoms. The Balaban J connectivity index is 1.27. The Morgan fingerprint density at radius 1 is 1.26 bits per heavy atom. The topological polar surface area (TPSA) is 128 Å². The zero-order chi connectivity index (χ0) is 23.9. The molecule has 0 aliphatic heterocycles. The second kappa shape index (κ2) is 8.88. The number of hydrogen-bond acceptors (Lipinski definition) is 7. The van der Waals surface area contributed by atoms with Gasteiger partial charge in [-0.2, -0.15) is 0 Å². The summed E-state index contributed by atoms with van der Waals surface area (Å²) in [4.78, 5) is 28.4. The summed E-state index contributed by atoms with van der Waals surface area (Å²) < 4.78 is 13.3. The third-order valence-electron chi connectivity index (χ3n) is 7.47. The number of alkyl carbamates (subject to hydrolysis) is 1. The lowest BCUT2D eigenvalue weighted by Gasteiger charge is -2.61. The number of nitrogens with one attached hydrogen (secondary N) is 1. The predicted molar refractivity (Wildman–Crippen MR) is 121 cm³/mol. The van der Waals surface area contributed by atoms with Crippen LogP contribution in [0.2, 0.25) is 0 Å². The molecule has 34 heavy (non-hydrogen) atoms. The van der Waals surface area contributed by atoms with Crippen molar-refractivity contribution in [3.63, 3.8) is 0 Å². The number of carbonyl (C=O) groups is 2. The smallest absolute Gasteiger partial charge is 0.407 e. The fraction of sp³-hybridized carbons (Fsp3) is 0.625. The normalized spacial score (nSPS) is 27.3. The highest BCUT2D eigenvalue weighted by atomic mass is 16.5. The number of hydrogen-bond donors (Lipinski definition) is 2. The molecular formula is C24H31N5O5. The van der Waals surface area contributed by atoms with Gasteiger partial charge in [-0.05, 0) is 69.4 Å². The predicted octanol–water partition coefficient (Wildman–Crippen LogP) is 3.24. The van der Waals surface area contributed by atoms with Gasteiger partial charge in [-0.1, -0.05) is 12.1 Å². The first kappa shape index (κ1) is 22.6.